The van der Waals surface area contributed by atoms with E-state index >= 15 is 0 Å². The fourth-order valence-electron chi connectivity index (χ4n) is 1.15. The number of rotatable bonds is 2. The fraction of sp³-hybridized carbons (Fsp3) is 0.333. The van der Waals surface area contributed by atoms with Crippen molar-refractivity contribution in [1.29, 1.82) is 0 Å². The first-order valence-corrected chi connectivity index (χ1v) is 4.34. The van der Waals surface area contributed by atoms with Gasteiger partial charge >= 0.3 is 0 Å². The van der Waals surface area contributed by atoms with Gasteiger partial charge in [0.2, 0.25) is 0 Å². The van der Waals surface area contributed by atoms with Crippen molar-refractivity contribution in [1.82, 2.24) is 0 Å². The monoisotopic (exact) mass is 221 g/mol. The molecule has 0 saturated carbocycles. The highest BCUT2D eigenvalue weighted by Gasteiger charge is 2.21. The summed E-state index contributed by atoms with van der Waals surface area (Å²) in [7, 11) is 0. The molecule has 0 aliphatic heterocycles. The Labute approximate surface area is 85.3 Å². The van der Waals surface area contributed by atoms with E-state index in [4.69, 9.17) is 17.3 Å². The molecule has 0 fully saturated rings. The van der Waals surface area contributed by atoms with Crippen LogP contribution >= 0.6 is 11.6 Å². The van der Waals surface area contributed by atoms with E-state index in [1.165, 1.54) is 12.1 Å². The van der Waals surface area contributed by atoms with Crippen molar-refractivity contribution in [3.05, 3.63) is 28.3 Å². The lowest BCUT2D eigenvalue weighted by Gasteiger charge is -2.14. The van der Waals surface area contributed by atoms with Gasteiger partial charge < -0.3 is 10.8 Å². The number of hydrogen-bond donors (Lipinski definition) is 2. The van der Waals surface area contributed by atoms with Crippen molar-refractivity contribution < 1.29 is 13.9 Å². The molecule has 1 rings (SSSR count). The Kier molecular flexibility index (Phi) is 3.29. The minimum Gasteiger partial charge on any atom is -0.507 e. The van der Waals surface area contributed by atoms with Gasteiger partial charge in [-0.3, -0.25) is 0 Å². The number of alkyl halides is 2. The highest BCUT2D eigenvalue weighted by Crippen LogP contribution is 2.32. The molecule has 1 atom stereocenters. The van der Waals surface area contributed by atoms with E-state index in [9.17, 15) is 13.9 Å². The van der Waals surface area contributed by atoms with Crippen LogP contribution < -0.4 is 5.73 Å². The fourth-order valence-corrected chi connectivity index (χ4v) is 1.43. The van der Waals surface area contributed by atoms with Crippen molar-refractivity contribution >= 4 is 11.6 Å². The Morgan fingerprint density at radius 2 is 2.00 bits per heavy atom. The molecular formula is C9H10ClF2NO. The lowest BCUT2D eigenvalue weighted by Crippen LogP contribution is -2.19. The largest absolute Gasteiger partial charge is 0.507 e. The SMILES string of the molecule is Cc1cc(Cl)cc(C(N)C(F)F)c1O. The summed E-state index contributed by atoms with van der Waals surface area (Å²) < 4.78 is 24.6. The van der Waals surface area contributed by atoms with Gasteiger partial charge in [0.1, 0.15) is 5.75 Å². The Morgan fingerprint density at radius 3 is 2.50 bits per heavy atom. The number of phenolic OH excluding ortho intramolecular Hbond substituents is 1. The summed E-state index contributed by atoms with van der Waals surface area (Å²) in [4.78, 5) is 0. The van der Waals surface area contributed by atoms with Crippen LogP contribution in [0.25, 0.3) is 0 Å². The first-order chi connectivity index (χ1) is 6.43. The van der Waals surface area contributed by atoms with Gasteiger partial charge in [0.15, 0.2) is 0 Å². The Morgan fingerprint density at radius 1 is 1.43 bits per heavy atom. The van der Waals surface area contributed by atoms with E-state index < -0.39 is 12.5 Å². The zero-order chi connectivity index (χ0) is 10.9. The van der Waals surface area contributed by atoms with E-state index in [1.807, 2.05) is 0 Å². The molecule has 5 heteroatoms. The smallest absolute Gasteiger partial charge is 0.257 e. The zero-order valence-corrected chi connectivity index (χ0v) is 8.22. The van der Waals surface area contributed by atoms with E-state index in [-0.39, 0.29) is 16.3 Å². The molecule has 3 N–H and O–H groups in total. The summed E-state index contributed by atoms with van der Waals surface area (Å²) >= 11 is 5.66. The second-order valence-electron chi connectivity index (χ2n) is 3.02. The topological polar surface area (TPSA) is 46.2 Å². The predicted octanol–water partition coefficient (Wildman–Crippen LogP) is 2.62. The summed E-state index contributed by atoms with van der Waals surface area (Å²) in [5.74, 6) is -0.220. The molecule has 1 unspecified atom stereocenters. The van der Waals surface area contributed by atoms with Crippen molar-refractivity contribution in [3.8, 4) is 5.75 Å². The van der Waals surface area contributed by atoms with Crippen molar-refractivity contribution in [2.45, 2.75) is 19.4 Å². The molecule has 0 spiro atoms. The molecule has 0 saturated heterocycles. The van der Waals surface area contributed by atoms with E-state index in [0.29, 0.717) is 5.56 Å². The van der Waals surface area contributed by atoms with Gasteiger partial charge in [-0.2, -0.15) is 0 Å². The number of aryl methyl sites for hydroxylation is 1. The second kappa shape index (κ2) is 4.11. The minimum absolute atomic E-state index is 0.0231. The van der Waals surface area contributed by atoms with Crippen LogP contribution in [-0.4, -0.2) is 11.5 Å². The average Bonchev–Trinajstić information content (AvgIpc) is 2.09. The highest BCUT2D eigenvalue weighted by atomic mass is 35.5. The molecule has 0 aliphatic carbocycles. The van der Waals surface area contributed by atoms with Gasteiger partial charge in [-0.15, -0.1) is 0 Å². The van der Waals surface area contributed by atoms with Gasteiger partial charge in [0.25, 0.3) is 6.43 Å². The maximum Gasteiger partial charge on any atom is 0.257 e. The molecule has 0 aromatic heterocycles. The molecule has 0 bridgehead atoms. The van der Waals surface area contributed by atoms with Gasteiger partial charge in [-0.05, 0) is 24.6 Å². The van der Waals surface area contributed by atoms with Crippen molar-refractivity contribution in [3.63, 3.8) is 0 Å². The van der Waals surface area contributed by atoms with Crippen LogP contribution in [0.2, 0.25) is 5.02 Å². The maximum atomic E-state index is 12.3. The molecule has 78 valence electrons. The highest BCUT2D eigenvalue weighted by molar-refractivity contribution is 6.30. The summed E-state index contributed by atoms with van der Waals surface area (Å²) in [6, 6.07) is 1.23. The van der Waals surface area contributed by atoms with Crippen molar-refractivity contribution in [2.75, 3.05) is 0 Å². The zero-order valence-electron chi connectivity index (χ0n) is 7.47. The molecule has 14 heavy (non-hydrogen) atoms. The summed E-state index contributed by atoms with van der Waals surface area (Å²) in [6.45, 7) is 1.57. The van der Waals surface area contributed by atoms with E-state index in [1.54, 1.807) is 6.92 Å². The summed E-state index contributed by atoms with van der Waals surface area (Å²) in [5, 5.41) is 9.75. The predicted molar refractivity (Wildman–Crippen MR) is 50.8 cm³/mol. The van der Waals surface area contributed by atoms with Crippen LogP contribution in [0, 0.1) is 6.92 Å². The normalized spacial score (nSPS) is 13.3. The van der Waals surface area contributed by atoms with Gasteiger partial charge in [0.05, 0.1) is 6.04 Å². The number of phenols is 1. The molecule has 0 heterocycles. The number of aromatic hydroxyl groups is 1. The maximum absolute atomic E-state index is 12.3. The molecule has 0 aliphatic rings. The average molecular weight is 222 g/mol. The molecule has 0 amide bonds. The second-order valence-corrected chi connectivity index (χ2v) is 3.46. The third-order valence-electron chi connectivity index (χ3n) is 1.93. The van der Waals surface area contributed by atoms with Crippen LogP contribution in [-0.2, 0) is 0 Å². The third-order valence-corrected chi connectivity index (χ3v) is 2.14. The molecular weight excluding hydrogens is 212 g/mol. The van der Waals surface area contributed by atoms with Crippen molar-refractivity contribution in [2.24, 2.45) is 5.73 Å². The Hall–Kier alpha value is -0.870. The Bertz CT molecular complexity index is 344. The van der Waals surface area contributed by atoms with E-state index in [0.717, 1.165) is 0 Å². The van der Waals surface area contributed by atoms with Crippen LogP contribution in [0.5, 0.6) is 5.75 Å². The van der Waals surface area contributed by atoms with Crippen LogP contribution in [0.4, 0.5) is 8.78 Å². The summed E-state index contributed by atoms with van der Waals surface area (Å²) in [5.41, 5.74) is 5.62. The lowest BCUT2D eigenvalue weighted by molar-refractivity contribution is 0.115. The number of hydrogen-bond acceptors (Lipinski definition) is 2. The Balaban J connectivity index is 3.20. The first kappa shape index (κ1) is 11.2. The molecule has 1 aromatic rings. The standard InChI is InChI=1S/C9H10ClF2NO/c1-4-2-5(10)3-6(8(4)14)7(13)9(11)12/h2-3,7,9,14H,13H2,1H3. The lowest BCUT2D eigenvalue weighted by atomic mass is 10.0. The molecule has 2 nitrogen and oxygen atoms in total. The third kappa shape index (κ3) is 2.13. The van der Waals surface area contributed by atoms with Gasteiger partial charge in [-0.25, -0.2) is 8.78 Å². The van der Waals surface area contributed by atoms with Gasteiger partial charge in [-0.1, -0.05) is 11.6 Å². The molecule has 1 aromatic carbocycles. The number of halogens is 3. The minimum atomic E-state index is -2.72. The van der Waals surface area contributed by atoms with Crippen LogP contribution in [0.1, 0.15) is 17.2 Å². The quantitative estimate of drug-likeness (QED) is 0.807. The van der Waals surface area contributed by atoms with Crippen LogP contribution in [0.15, 0.2) is 12.1 Å². The van der Waals surface area contributed by atoms with Crippen LogP contribution in [0.3, 0.4) is 0 Å². The van der Waals surface area contributed by atoms with Gasteiger partial charge in [0, 0.05) is 10.6 Å². The summed E-state index contributed by atoms with van der Waals surface area (Å²) in [6.07, 6.45) is -2.72. The van der Waals surface area contributed by atoms with E-state index in [2.05, 4.69) is 0 Å². The number of nitrogens with two attached hydrogens (primary N) is 1. The number of benzene rings is 1. The first-order valence-electron chi connectivity index (χ1n) is 3.96. The molecule has 0 radical (unpaired) electrons.